The SMILES string of the molecule is C[C@@H](C(=O)c1ccc(Cl)cc1)[C@@H](O)c1cccn(-c2ccccc2)c1=S. The standard InChI is InChI=1S/C21H18ClNO2S/c1-14(19(24)15-9-11-16(22)12-10-15)20(25)18-8-5-13-23(21(18)26)17-6-3-2-4-7-17/h2-14,20,25H,1H3/t14-,20+/m0/s1. The Morgan fingerprint density at radius 1 is 1.04 bits per heavy atom. The number of nitrogens with zero attached hydrogens (tertiary/aromatic N) is 1. The number of aliphatic hydroxyl groups is 1. The number of ketones is 1. The van der Waals surface area contributed by atoms with Crippen molar-refractivity contribution in [3.05, 3.63) is 93.7 Å². The number of para-hydroxylation sites is 1. The van der Waals surface area contributed by atoms with Crippen LogP contribution in [0.15, 0.2) is 72.9 Å². The first-order valence-electron chi connectivity index (χ1n) is 8.24. The number of hydrogen-bond acceptors (Lipinski definition) is 3. The van der Waals surface area contributed by atoms with E-state index in [4.69, 9.17) is 23.8 Å². The van der Waals surface area contributed by atoms with E-state index in [0.717, 1.165) is 5.69 Å². The maximum atomic E-state index is 12.7. The van der Waals surface area contributed by atoms with Gasteiger partial charge in [-0.3, -0.25) is 4.79 Å². The van der Waals surface area contributed by atoms with Gasteiger partial charge in [-0.2, -0.15) is 0 Å². The van der Waals surface area contributed by atoms with E-state index in [1.54, 1.807) is 37.3 Å². The number of carbonyl (C=O) groups excluding carboxylic acids is 1. The molecule has 3 rings (SSSR count). The lowest BCUT2D eigenvalue weighted by atomic mass is 9.91. The molecule has 0 aliphatic carbocycles. The lowest BCUT2D eigenvalue weighted by Crippen LogP contribution is -2.20. The Kier molecular flexibility index (Phi) is 5.67. The normalized spacial score (nSPS) is 13.2. The summed E-state index contributed by atoms with van der Waals surface area (Å²) in [4.78, 5) is 12.7. The first-order chi connectivity index (χ1) is 12.5. The van der Waals surface area contributed by atoms with Crippen molar-refractivity contribution >= 4 is 29.6 Å². The smallest absolute Gasteiger partial charge is 0.168 e. The number of pyridine rings is 1. The van der Waals surface area contributed by atoms with E-state index < -0.39 is 12.0 Å². The second-order valence-electron chi connectivity index (χ2n) is 6.08. The van der Waals surface area contributed by atoms with Crippen LogP contribution in [0.4, 0.5) is 0 Å². The van der Waals surface area contributed by atoms with Crippen LogP contribution >= 0.6 is 23.8 Å². The van der Waals surface area contributed by atoms with Crippen molar-refractivity contribution in [1.82, 2.24) is 4.57 Å². The number of aliphatic hydroxyl groups excluding tert-OH is 1. The van der Waals surface area contributed by atoms with Gasteiger partial charge in [0.15, 0.2) is 5.78 Å². The molecule has 0 aliphatic rings. The summed E-state index contributed by atoms with van der Waals surface area (Å²) in [6, 6.07) is 19.9. The van der Waals surface area contributed by atoms with E-state index in [9.17, 15) is 9.90 Å². The van der Waals surface area contributed by atoms with Crippen LogP contribution in [0.25, 0.3) is 5.69 Å². The third-order valence-corrected chi connectivity index (χ3v) is 5.03. The molecule has 0 spiro atoms. The van der Waals surface area contributed by atoms with Gasteiger partial charge in [-0.25, -0.2) is 0 Å². The summed E-state index contributed by atoms with van der Waals surface area (Å²) in [5.74, 6) is -0.789. The minimum Gasteiger partial charge on any atom is -0.388 e. The number of halogens is 1. The Hall–Kier alpha value is -2.27. The lowest BCUT2D eigenvalue weighted by Gasteiger charge is -2.20. The molecule has 5 heteroatoms. The second-order valence-corrected chi connectivity index (χ2v) is 6.90. The molecule has 2 aromatic carbocycles. The number of Topliss-reactive ketones (excluding diaryl/α,β-unsaturated/α-hetero) is 1. The van der Waals surface area contributed by atoms with Crippen LogP contribution in [0.2, 0.25) is 5.02 Å². The van der Waals surface area contributed by atoms with Gasteiger partial charge in [0.25, 0.3) is 0 Å². The topological polar surface area (TPSA) is 42.2 Å². The molecule has 0 saturated heterocycles. The van der Waals surface area contributed by atoms with Crippen molar-refractivity contribution in [3.8, 4) is 5.69 Å². The Balaban J connectivity index is 1.92. The molecule has 132 valence electrons. The first kappa shape index (κ1) is 18.5. The molecule has 1 aromatic heterocycles. The van der Waals surface area contributed by atoms with Crippen LogP contribution in [-0.4, -0.2) is 15.5 Å². The van der Waals surface area contributed by atoms with Gasteiger partial charge in [0.2, 0.25) is 0 Å². The van der Waals surface area contributed by atoms with Gasteiger partial charge >= 0.3 is 0 Å². The van der Waals surface area contributed by atoms with Gasteiger partial charge in [-0.15, -0.1) is 0 Å². The minimum absolute atomic E-state index is 0.154. The summed E-state index contributed by atoms with van der Waals surface area (Å²) in [5, 5.41) is 11.4. The number of aromatic nitrogens is 1. The average molecular weight is 384 g/mol. The van der Waals surface area contributed by atoms with Gasteiger partial charge in [0.05, 0.1) is 6.10 Å². The number of benzene rings is 2. The zero-order valence-corrected chi connectivity index (χ0v) is 15.7. The Labute approximate surface area is 162 Å². The summed E-state index contributed by atoms with van der Waals surface area (Å²) >= 11 is 11.4. The Morgan fingerprint density at radius 3 is 2.35 bits per heavy atom. The molecule has 0 aliphatic heterocycles. The summed E-state index contributed by atoms with van der Waals surface area (Å²) in [6.45, 7) is 1.70. The fraction of sp³-hybridized carbons (Fsp3) is 0.143. The largest absolute Gasteiger partial charge is 0.388 e. The van der Waals surface area contributed by atoms with Crippen molar-refractivity contribution < 1.29 is 9.90 Å². The van der Waals surface area contributed by atoms with E-state index in [2.05, 4.69) is 0 Å². The van der Waals surface area contributed by atoms with Crippen molar-refractivity contribution in [3.63, 3.8) is 0 Å². The number of hydrogen-bond donors (Lipinski definition) is 1. The number of carbonyl (C=O) groups is 1. The Morgan fingerprint density at radius 2 is 1.69 bits per heavy atom. The quantitative estimate of drug-likeness (QED) is 0.473. The van der Waals surface area contributed by atoms with Crippen molar-refractivity contribution in [1.29, 1.82) is 0 Å². The van der Waals surface area contributed by atoms with Crippen LogP contribution in [0, 0.1) is 10.6 Å². The van der Waals surface area contributed by atoms with Gasteiger partial charge in [-0.05, 0) is 42.5 Å². The Bertz CT molecular complexity index is 967. The predicted molar refractivity (Wildman–Crippen MR) is 107 cm³/mol. The summed E-state index contributed by atoms with van der Waals surface area (Å²) in [7, 11) is 0. The van der Waals surface area contributed by atoms with Gasteiger partial charge in [-0.1, -0.05) is 55.0 Å². The molecular formula is C21H18ClNO2S. The average Bonchev–Trinajstić information content (AvgIpc) is 2.68. The van der Waals surface area contributed by atoms with E-state index in [-0.39, 0.29) is 5.78 Å². The van der Waals surface area contributed by atoms with Crippen LogP contribution in [0.1, 0.15) is 28.9 Å². The van der Waals surface area contributed by atoms with Gasteiger partial charge in [0.1, 0.15) is 4.64 Å². The molecule has 0 fully saturated rings. The zero-order chi connectivity index (χ0) is 18.7. The fourth-order valence-electron chi connectivity index (χ4n) is 2.82. The molecular weight excluding hydrogens is 366 g/mol. The summed E-state index contributed by atoms with van der Waals surface area (Å²) in [6.07, 6.45) is 0.848. The van der Waals surface area contributed by atoms with Crippen LogP contribution in [-0.2, 0) is 0 Å². The highest BCUT2D eigenvalue weighted by molar-refractivity contribution is 7.71. The van der Waals surface area contributed by atoms with E-state index in [1.807, 2.05) is 47.2 Å². The molecule has 1 N–H and O–H groups in total. The predicted octanol–water partition coefficient (Wildman–Crippen LogP) is 5.41. The highest BCUT2D eigenvalue weighted by Gasteiger charge is 2.26. The van der Waals surface area contributed by atoms with E-state index in [0.29, 0.717) is 20.8 Å². The molecule has 3 aromatic rings. The molecule has 0 amide bonds. The van der Waals surface area contributed by atoms with E-state index >= 15 is 0 Å². The monoisotopic (exact) mass is 383 g/mol. The zero-order valence-electron chi connectivity index (χ0n) is 14.2. The fourth-order valence-corrected chi connectivity index (χ4v) is 3.30. The van der Waals surface area contributed by atoms with Crippen molar-refractivity contribution in [2.24, 2.45) is 5.92 Å². The van der Waals surface area contributed by atoms with Gasteiger partial charge in [0, 0.05) is 34.0 Å². The molecule has 1 heterocycles. The van der Waals surface area contributed by atoms with Crippen molar-refractivity contribution in [2.45, 2.75) is 13.0 Å². The minimum atomic E-state index is -0.998. The maximum absolute atomic E-state index is 12.7. The number of rotatable bonds is 5. The van der Waals surface area contributed by atoms with Crippen LogP contribution in [0.3, 0.4) is 0 Å². The lowest BCUT2D eigenvalue weighted by molar-refractivity contribution is 0.0711. The van der Waals surface area contributed by atoms with Crippen LogP contribution in [0.5, 0.6) is 0 Å². The molecule has 0 radical (unpaired) electrons. The maximum Gasteiger partial charge on any atom is 0.168 e. The summed E-state index contributed by atoms with van der Waals surface area (Å²) < 4.78 is 2.31. The second kappa shape index (κ2) is 7.96. The molecule has 3 nitrogen and oxygen atoms in total. The van der Waals surface area contributed by atoms with Gasteiger partial charge < -0.3 is 9.67 Å². The molecule has 0 unspecified atom stereocenters. The highest BCUT2D eigenvalue weighted by atomic mass is 35.5. The molecule has 0 bridgehead atoms. The van der Waals surface area contributed by atoms with E-state index in [1.165, 1.54) is 0 Å². The highest BCUT2D eigenvalue weighted by Crippen LogP contribution is 2.27. The molecule has 2 atom stereocenters. The third kappa shape index (κ3) is 3.78. The van der Waals surface area contributed by atoms with Crippen LogP contribution < -0.4 is 0 Å². The molecule has 26 heavy (non-hydrogen) atoms. The molecule has 0 saturated carbocycles. The summed E-state index contributed by atoms with van der Waals surface area (Å²) in [5.41, 5.74) is 1.98. The first-order valence-corrected chi connectivity index (χ1v) is 9.02. The third-order valence-electron chi connectivity index (χ3n) is 4.35. The van der Waals surface area contributed by atoms with Crippen molar-refractivity contribution in [2.75, 3.05) is 0 Å².